The molecule has 0 bridgehead atoms. The van der Waals surface area contributed by atoms with Gasteiger partial charge in [-0.2, -0.15) is 0 Å². The molecule has 0 saturated carbocycles. The molecule has 4 heteroatoms. The molecule has 2 atom stereocenters. The smallest absolute Gasteiger partial charge is 0.261 e. The molecule has 1 aromatic rings. The molecule has 0 spiro atoms. The number of rotatable bonds is 7. The van der Waals surface area contributed by atoms with Gasteiger partial charge in [-0.3, -0.25) is 4.79 Å². The molecule has 1 aromatic carbocycles. The summed E-state index contributed by atoms with van der Waals surface area (Å²) in [5.74, 6) is 0.479. The van der Waals surface area contributed by atoms with Crippen molar-refractivity contribution in [1.82, 2.24) is 5.32 Å². The van der Waals surface area contributed by atoms with Crippen LogP contribution in [-0.2, 0) is 4.79 Å². The Bertz CT molecular complexity index is 390. The second kappa shape index (κ2) is 7.14. The molecule has 0 aliphatic heterocycles. The summed E-state index contributed by atoms with van der Waals surface area (Å²) in [7, 11) is 0. The predicted molar refractivity (Wildman–Crippen MR) is 75.1 cm³/mol. The van der Waals surface area contributed by atoms with Crippen molar-refractivity contribution in [1.29, 1.82) is 0 Å². The molecule has 0 aliphatic rings. The Morgan fingerprint density at radius 1 is 1.37 bits per heavy atom. The third-order valence-electron chi connectivity index (χ3n) is 3.09. The first-order valence-electron chi connectivity index (χ1n) is 6.70. The zero-order valence-corrected chi connectivity index (χ0v) is 11.8. The van der Waals surface area contributed by atoms with Crippen molar-refractivity contribution in [2.45, 2.75) is 45.3 Å². The monoisotopic (exact) mass is 265 g/mol. The van der Waals surface area contributed by atoms with Gasteiger partial charge in [0.15, 0.2) is 6.10 Å². The molecule has 0 saturated heterocycles. The van der Waals surface area contributed by atoms with E-state index in [0.29, 0.717) is 18.6 Å². The first kappa shape index (κ1) is 15.5. The van der Waals surface area contributed by atoms with Crippen LogP contribution in [0.3, 0.4) is 0 Å². The van der Waals surface area contributed by atoms with Crippen molar-refractivity contribution in [2.24, 2.45) is 0 Å². The highest BCUT2D eigenvalue weighted by Gasteiger charge is 2.23. The van der Waals surface area contributed by atoms with Gasteiger partial charge in [-0.1, -0.05) is 32.0 Å². The molecular formula is C15H23NO3. The molecule has 2 N–H and O–H groups in total. The maximum Gasteiger partial charge on any atom is 0.261 e. The predicted octanol–water partition coefficient (Wildman–Crippen LogP) is 2.12. The highest BCUT2D eigenvalue weighted by atomic mass is 16.5. The van der Waals surface area contributed by atoms with Gasteiger partial charge in [-0.25, -0.2) is 0 Å². The van der Waals surface area contributed by atoms with Gasteiger partial charge in [0, 0.05) is 6.54 Å². The largest absolute Gasteiger partial charge is 0.481 e. The van der Waals surface area contributed by atoms with Crippen LogP contribution in [0.15, 0.2) is 30.3 Å². The van der Waals surface area contributed by atoms with Crippen molar-refractivity contribution >= 4 is 5.91 Å². The molecule has 1 rings (SSSR count). The van der Waals surface area contributed by atoms with E-state index in [1.165, 1.54) is 0 Å². The SMILES string of the molecule is CCC(Oc1ccccc1)C(=O)NCC(C)(O)CC. The van der Waals surface area contributed by atoms with Crippen LogP contribution >= 0.6 is 0 Å². The van der Waals surface area contributed by atoms with E-state index < -0.39 is 11.7 Å². The number of para-hydroxylation sites is 1. The van der Waals surface area contributed by atoms with E-state index in [4.69, 9.17) is 4.74 Å². The van der Waals surface area contributed by atoms with Crippen LogP contribution in [0.25, 0.3) is 0 Å². The van der Waals surface area contributed by atoms with Gasteiger partial charge in [0.05, 0.1) is 5.60 Å². The summed E-state index contributed by atoms with van der Waals surface area (Å²) in [6, 6.07) is 9.26. The first-order valence-corrected chi connectivity index (χ1v) is 6.70. The topological polar surface area (TPSA) is 58.6 Å². The molecule has 1 amide bonds. The number of hydrogen-bond donors (Lipinski definition) is 2. The Morgan fingerprint density at radius 2 is 2.00 bits per heavy atom. The molecule has 0 aromatic heterocycles. The quantitative estimate of drug-likeness (QED) is 0.794. The first-order chi connectivity index (χ1) is 8.98. The lowest BCUT2D eigenvalue weighted by atomic mass is 10.0. The van der Waals surface area contributed by atoms with Crippen LogP contribution < -0.4 is 10.1 Å². The third kappa shape index (κ3) is 5.30. The minimum absolute atomic E-state index is 0.194. The van der Waals surface area contributed by atoms with Gasteiger partial charge in [-0.15, -0.1) is 0 Å². The standard InChI is InChI=1S/C15H23NO3/c1-4-13(19-12-9-7-6-8-10-12)14(17)16-11-15(3,18)5-2/h6-10,13,18H,4-5,11H2,1-3H3,(H,16,17). The lowest BCUT2D eigenvalue weighted by Crippen LogP contribution is -2.45. The summed E-state index contributed by atoms with van der Waals surface area (Å²) < 4.78 is 5.63. The van der Waals surface area contributed by atoms with Gasteiger partial charge in [0.1, 0.15) is 5.75 Å². The number of hydrogen-bond acceptors (Lipinski definition) is 3. The van der Waals surface area contributed by atoms with E-state index in [2.05, 4.69) is 5.32 Å². The van der Waals surface area contributed by atoms with Gasteiger partial charge in [-0.05, 0) is 31.9 Å². The Balaban J connectivity index is 2.53. The second-order valence-corrected chi connectivity index (χ2v) is 4.90. The third-order valence-corrected chi connectivity index (χ3v) is 3.09. The summed E-state index contributed by atoms with van der Waals surface area (Å²) in [6.07, 6.45) is 0.633. The second-order valence-electron chi connectivity index (χ2n) is 4.90. The molecule has 0 heterocycles. The molecule has 0 aliphatic carbocycles. The number of nitrogens with one attached hydrogen (secondary N) is 1. The van der Waals surface area contributed by atoms with Crippen molar-refractivity contribution < 1.29 is 14.6 Å². The molecular weight excluding hydrogens is 242 g/mol. The zero-order valence-electron chi connectivity index (χ0n) is 11.8. The maximum atomic E-state index is 12.0. The summed E-state index contributed by atoms with van der Waals surface area (Å²) in [5, 5.41) is 12.6. The summed E-state index contributed by atoms with van der Waals surface area (Å²) in [6.45, 7) is 5.71. The van der Waals surface area contributed by atoms with E-state index in [1.54, 1.807) is 6.92 Å². The van der Waals surface area contributed by atoms with Crippen LogP contribution in [0.5, 0.6) is 5.75 Å². The normalized spacial score (nSPS) is 15.4. The van der Waals surface area contributed by atoms with Crippen LogP contribution in [0.2, 0.25) is 0 Å². The van der Waals surface area contributed by atoms with Crippen LogP contribution in [-0.4, -0.2) is 29.3 Å². The highest BCUT2D eigenvalue weighted by Crippen LogP contribution is 2.13. The van der Waals surface area contributed by atoms with E-state index in [-0.39, 0.29) is 12.5 Å². The van der Waals surface area contributed by atoms with E-state index >= 15 is 0 Å². The van der Waals surface area contributed by atoms with E-state index in [1.807, 2.05) is 44.2 Å². The number of benzene rings is 1. The minimum Gasteiger partial charge on any atom is -0.481 e. The zero-order chi connectivity index (χ0) is 14.3. The highest BCUT2D eigenvalue weighted by molar-refractivity contribution is 5.81. The Labute approximate surface area is 114 Å². The molecule has 4 nitrogen and oxygen atoms in total. The fraction of sp³-hybridized carbons (Fsp3) is 0.533. The van der Waals surface area contributed by atoms with Crippen LogP contribution in [0.4, 0.5) is 0 Å². The van der Waals surface area contributed by atoms with Crippen molar-refractivity contribution in [2.75, 3.05) is 6.54 Å². The maximum absolute atomic E-state index is 12.0. The Kier molecular flexibility index (Phi) is 5.83. The van der Waals surface area contributed by atoms with Crippen LogP contribution in [0.1, 0.15) is 33.6 Å². The van der Waals surface area contributed by atoms with Gasteiger partial charge >= 0.3 is 0 Å². The Hall–Kier alpha value is -1.55. The van der Waals surface area contributed by atoms with Gasteiger partial charge in [0.2, 0.25) is 0 Å². The summed E-state index contributed by atoms with van der Waals surface area (Å²) >= 11 is 0. The summed E-state index contributed by atoms with van der Waals surface area (Å²) in [5.41, 5.74) is -0.874. The molecule has 2 unspecified atom stereocenters. The minimum atomic E-state index is -0.874. The molecule has 106 valence electrons. The average molecular weight is 265 g/mol. The van der Waals surface area contributed by atoms with Gasteiger partial charge < -0.3 is 15.2 Å². The fourth-order valence-corrected chi connectivity index (χ4v) is 1.50. The van der Waals surface area contributed by atoms with E-state index in [9.17, 15) is 9.90 Å². The lowest BCUT2D eigenvalue weighted by Gasteiger charge is -2.23. The van der Waals surface area contributed by atoms with Crippen molar-refractivity contribution in [3.63, 3.8) is 0 Å². The number of ether oxygens (including phenoxy) is 1. The van der Waals surface area contributed by atoms with E-state index in [0.717, 1.165) is 0 Å². The Morgan fingerprint density at radius 3 is 2.53 bits per heavy atom. The summed E-state index contributed by atoms with van der Waals surface area (Å²) in [4.78, 5) is 12.0. The lowest BCUT2D eigenvalue weighted by molar-refractivity contribution is -0.129. The fourth-order valence-electron chi connectivity index (χ4n) is 1.50. The molecule has 19 heavy (non-hydrogen) atoms. The molecule has 0 radical (unpaired) electrons. The number of amides is 1. The molecule has 0 fully saturated rings. The number of aliphatic hydroxyl groups is 1. The van der Waals surface area contributed by atoms with Crippen molar-refractivity contribution in [3.8, 4) is 5.75 Å². The number of carbonyl (C=O) groups is 1. The average Bonchev–Trinajstić information content (AvgIpc) is 2.43. The van der Waals surface area contributed by atoms with Gasteiger partial charge in [0.25, 0.3) is 5.91 Å². The van der Waals surface area contributed by atoms with Crippen molar-refractivity contribution in [3.05, 3.63) is 30.3 Å². The number of carbonyl (C=O) groups excluding carboxylic acids is 1. The van der Waals surface area contributed by atoms with Crippen LogP contribution in [0, 0.1) is 0 Å².